The maximum absolute atomic E-state index is 9.54. The third kappa shape index (κ3) is 4.34. The molecule has 0 aromatic heterocycles. The lowest BCUT2D eigenvalue weighted by molar-refractivity contribution is 0.463. The maximum Gasteiger partial charge on any atom is 0.118 e. The van der Waals surface area contributed by atoms with E-state index in [-0.39, 0.29) is 0 Å². The first-order chi connectivity index (χ1) is 7.24. The first-order valence-corrected chi connectivity index (χ1v) is 5.71. The van der Waals surface area contributed by atoms with Crippen LogP contribution in [0.5, 0.6) is 5.75 Å². The number of nitrogens with one attached hydrogen (secondary N) is 1. The summed E-state index contributed by atoms with van der Waals surface area (Å²) in [7, 11) is 0. The second kappa shape index (κ2) is 6.46. The molecule has 0 aliphatic carbocycles. The normalized spacial score (nSPS) is 12.7. The monoisotopic (exact) mass is 207 g/mol. The molecule has 2 nitrogen and oxygen atoms in total. The summed E-state index contributed by atoms with van der Waals surface area (Å²) in [6.07, 6.45) is 2.10. The van der Waals surface area contributed by atoms with Gasteiger partial charge < -0.3 is 10.4 Å². The van der Waals surface area contributed by atoms with Gasteiger partial charge in [-0.05, 0) is 37.1 Å². The summed E-state index contributed by atoms with van der Waals surface area (Å²) in [5.74, 6) is 1.14. The molecule has 1 unspecified atom stereocenters. The Balaban J connectivity index is 2.23. The molecule has 0 amide bonds. The lowest BCUT2D eigenvalue weighted by Crippen LogP contribution is -2.23. The van der Waals surface area contributed by atoms with Gasteiger partial charge in [0.25, 0.3) is 0 Å². The van der Waals surface area contributed by atoms with Crippen molar-refractivity contribution >= 4 is 0 Å². The summed E-state index contributed by atoms with van der Waals surface area (Å²) in [4.78, 5) is 0. The van der Waals surface area contributed by atoms with E-state index in [0.29, 0.717) is 5.75 Å². The van der Waals surface area contributed by atoms with Crippen LogP contribution in [-0.2, 0) is 6.42 Å². The number of rotatable bonds is 6. The van der Waals surface area contributed by atoms with Crippen LogP contribution < -0.4 is 5.32 Å². The van der Waals surface area contributed by atoms with E-state index in [4.69, 9.17) is 0 Å². The van der Waals surface area contributed by atoms with Gasteiger partial charge in [-0.15, -0.1) is 0 Å². The molecule has 1 rings (SSSR count). The van der Waals surface area contributed by atoms with Crippen molar-refractivity contribution in [1.29, 1.82) is 0 Å². The summed E-state index contributed by atoms with van der Waals surface area (Å²) < 4.78 is 0. The molecule has 2 heteroatoms. The molecule has 0 radical (unpaired) electrons. The van der Waals surface area contributed by atoms with E-state index in [1.807, 2.05) is 18.2 Å². The molecule has 2 N–H and O–H groups in total. The summed E-state index contributed by atoms with van der Waals surface area (Å²) in [6.45, 7) is 6.44. The largest absolute Gasteiger partial charge is 0.508 e. The fourth-order valence-corrected chi connectivity index (χ4v) is 1.44. The molecule has 0 saturated heterocycles. The van der Waals surface area contributed by atoms with Crippen LogP contribution in [0.3, 0.4) is 0 Å². The van der Waals surface area contributed by atoms with E-state index >= 15 is 0 Å². The van der Waals surface area contributed by atoms with Gasteiger partial charge in [0.1, 0.15) is 5.75 Å². The van der Waals surface area contributed by atoms with Crippen LogP contribution in [0.2, 0.25) is 0 Å². The Labute approximate surface area is 92.3 Å². The fourth-order valence-electron chi connectivity index (χ4n) is 1.44. The zero-order chi connectivity index (χ0) is 11.1. The van der Waals surface area contributed by atoms with Crippen LogP contribution in [0.15, 0.2) is 24.3 Å². The Kier molecular flexibility index (Phi) is 5.19. The average molecular weight is 207 g/mol. The molecule has 0 fully saturated rings. The standard InChI is InChI=1S/C13H21NO/c1-3-11(2)10-14-9-8-12-6-4-5-7-13(12)15/h4-7,11,14-15H,3,8-10H2,1-2H3. The van der Waals surface area contributed by atoms with Crippen molar-refractivity contribution in [2.75, 3.05) is 13.1 Å². The molecule has 1 atom stereocenters. The minimum atomic E-state index is 0.405. The van der Waals surface area contributed by atoms with Gasteiger partial charge in [0.2, 0.25) is 0 Å². The zero-order valence-electron chi connectivity index (χ0n) is 9.66. The third-order valence-electron chi connectivity index (χ3n) is 2.75. The van der Waals surface area contributed by atoms with Crippen molar-refractivity contribution in [2.24, 2.45) is 5.92 Å². The Morgan fingerprint density at radius 1 is 1.33 bits per heavy atom. The number of para-hydroxylation sites is 1. The highest BCUT2D eigenvalue weighted by Gasteiger charge is 2.00. The van der Waals surface area contributed by atoms with Gasteiger partial charge in [-0.3, -0.25) is 0 Å². The molecule has 0 spiro atoms. The molecular formula is C13H21NO. The number of phenols is 1. The number of benzene rings is 1. The molecule has 0 aliphatic rings. The Morgan fingerprint density at radius 2 is 2.07 bits per heavy atom. The number of hydrogen-bond donors (Lipinski definition) is 2. The predicted molar refractivity (Wildman–Crippen MR) is 64.1 cm³/mol. The zero-order valence-corrected chi connectivity index (χ0v) is 9.66. The van der Waals surface area contributed by atoms with Crippen molar-refractivity contribution in [3.8, 4) is 5.75 Å². The van der Waals surface area contributed by atoms with E-state index in [1.165, 1.54) is 6.42 Å². The van der Waals surface area contributed by atoms with Gasteiger partial charge in [0.15, 0.2) is 0 Å². The number of hydrogen-bond acceptors (Lipinski definition) is 2. The molecule has 0 heterocycles. The molecule has 0 bridgehead atoms. The topological polar surface area (TPSA) is 32.3 Å². The Bertz CT molecular complexity index is 286. The van der Waals surface area contributed by atoms with Gasteiger partial charge in [-0.1, -0.05) is 38.5 Å². The molecule has 1 aromatic rings. The van der Waals surface area contributed by atoms with E-state index in [0.717, 1.165) is 31.0 Å². The van der Waals surface area contributed by atoms with E-state index in [1.54, 1.807) is 6.07 Å². The van der Waals surface area contributed by atoms with Crippen molar-refractivity contribution < 1.29 is 5.11 Å². The first-order valence-electron chi connectivity index (χ1n) is 5.71. The van der Waals surface area contributed by atoms with Crippen molar-refractivity contribution in [3.63, 3.8) is 0 Å². The van der Waals surface area contributed by atoms with Crippen LogP contribution in [0, 0.1) is 5.92 Å². The average Bonchev–Trinajstić information content (AvgIpc) is 2.26. The molecule has 84 valence electrons. The smallest absolute Gasteiger partial charge is 0.118 e. The SMILES string of the molecule is CCC(C)CNCCc1ccccc1O. The molecule has 1 aromatic carbocycles. The highest BCUT2D eigenvalue weighted by Crippen LogP contribution is 2.15. The summed E-state index contributed by atoms with van der Waals surface area (Å²) >= 11 is 0. The lowest BCUT2D eigenvalue weighted by Gasteiger charge is -2.10. The van der Waals surface area contributed by atoms with Crippen molar-refractivity contribution in [1.82, 2.24) is 5.32 Å². The first kappa shape index (κ1) is 12.1. The van der Waals surface area contributed by atoms with Crippen LogP contribution >= 0.6 is 0 Å². The highest BCUT2D eigenvalue weighted by molar-refractivity contribution is 5.31. The minimum Gasteiger partial charge on any atom is -0.508 e. The lowest BCUT2D eigenvalue weighted by atomic mass is 10.1. The molecule has 0 aliphatic heterocycles. The summed E-state index contributed by atoms with van der Waals surface area (Å²) in [6, 6.07) is 7.53. The van der Waals surface area contributed by atoms with E-state index in [2.05, 4.69) is 19.2 Å². The van der Waals surface area contributed by atoms with Crippen LogP contribution in [0.25, 0.3) is 0 Å². The van der Waals surface area contributed by atoms with Crippen LogP contribution in [-0.4, -0.2) is 18.2 Å². The second-order valence-electron chi connectivity index (χ2n) is 4.10. The molecule has 0 saturated carbocycles. The van der Waals surface area contributed by atoms with E-state index < -0.39 is 0 Å². The fraction of sp³-hybridized carbons (Fsp3) is 0.538. The number of phenolic OH excluding ortho intramolecular Hbond substituents is 1. The van der Waals surface area contributed by atoms with Gasteiger partial charge in [-0.25, -0.2) is 0 Å². The minimum absolute atomic E-state index is 0.405. The summed E-state index contributed by atoms with van der Waals surface area (Å²) in [5, 5.41) is 12.9. The maximum atomic E-state index is 9.54. The van der Waals surface area contributed by atoms with Gasteiger partial charge in [0.05, 0.1) is 0 Å². The predicted octanol–water partition coefficient (Wildman–Crippen LogP) is 2.57. The van der Waals surface area contributed by atoms with Gasteiger partial charge in [-0.2, -0.15) is 0 Å². The third-order valence-corrected chi connectivity index (χ3v) is 2.75. The van der Waals surface area contributed by atoms with Crippen molar-refractivity contribution in [3.05, 3.63) is 29.8 Å². The van der Waals surface area contributed by atoms with Crippen LogP contribution in [0.4, 0.5) is 0 Å². The summed E-state index contributed by atoms with van der Waals surface area (Å²) in [5.41, 5.74) is 1.02. The van der Waals surface area contributed by atoms with E-state index in [9.17, 15) is 5.11 Å². The second-order valence-corrected chi connectivity index (χ2v) is 4.10. The van der Waals surface area contributed by atoms with Crippen molar-refractivity contribution in [2.45, 2.75) is 26.7 Å². The molecule has 15 heavy (non-hydrogen) atoms. The Hall–Kier alpha value is -1.02. The Morgan fingerprint density at radius 3 is 2.73 bits per heavy atom. The van der Waals surface area contributed by atoms with Gasteiger partial charge >= 0.3 is 0 Å². The highest BCUT2D eigenvalue weighted by atomic mass is 16.3. The molecular weight excluding hydrogens is 186 g/mol. The number of aromatic hydroxyl groups is 1. The van der Waals surface area contributed by atoms with Gasteiger partial charge in [0, 0.05) is 0 Å². The quantitative estimate of drug-likeness (QED) is 0.703. The van der Waals surface area contributed by atoms with Crippen LogP contribution in [0.1, 0.15) is 25.8 Å².